The predicted molar refractivity (Wildman–Crippen MR) is 80.5 cm³/mol. The number of aryl methyl sites for hydroxylation is 1. The molecule has 3 aromatic rings. The highest BCUT2D eigenvalue weighted by molar-refractivity contribution is 6.30. The first-order valence-electron chi connectivity index (χ1n) is 7.18. The van der Waals surface area contributed by atoms with E-state index in [1.165, 1.54) is 0 Å². The third-order valence-corrected chi connectivity index (χ3v) is 4.29. The van der Waals surface area contributed by atoms with E-state index in [1.54, 1.807) is 30.3 Å². The van der Waals surface area contributed by atoms with Gasteiger partial charge in [0, 0.05) is 27.9 Å². The maximum atomic E-state index is 13.5. The van der Waals surface area contributed by atoms with Crippen molar-refractivity contribution in [3.8, 4) is 11.3 Å². The molecule has 1 aliphatic carbocycles. The van der Waals surface area contributed by atoms with Gasteiger partial charge in [-0.3, -0.25) is 0 Å². The lowest BCUT2D eigenvalue weighted by Crippen LogP contribution is -2.17. The number of halogens is 4. The second kappa shape index (κ2) is 4.96. The molecule has 0 aliphatic heterocycles. The fourth-order valence-electron chi connectivity index (χ4n) is 3.04. The van der Waals surface area contributed by atoms with Crippen molar-refractivity contribution in [3.63, 3.8) is 0 Å². The first-order chi connectivity index (χ1) is 10.9. The normalized spacial score (nSPS) is 14.4. The quantitative estimate of drug-likeness (QED) is 0.651. The smallest absolute Gasteiger partial charge is 0.233 e. The topological polar surface area (TPSA) is 30.2 Å². The molecular weight excluding hydrogens is 327 g/mol. The third kappa shape index (κ3) is 2.37. The summed E-state index contributed by atoms with van der Waals surface area (Å²) in [5.41, 5.74) is 1.48. The van der Waals surface area contributed by atoms with Crippen LogP contribution < -0.4 is 0 Å². The van der Waals surface area contributed by atoms with E-state index < -0.39 is 11.9 Å². The van der Waals surface area contributed by atoms with Crippen molar-refractivity contribution in [2.24, 2.45) is 0 Å². The van der Waals surface area contributed by atoms with Gasteiger partial charge >= 0.3 is 6.18 Å². The molecule has 4 rings (SSSR count). The van der Waals surface area contributed by atoms with Crippen LogP contribution in [0, 0.1) is 0 Å². The highest BCUT2D eigenvalue weighted by Gasteiger charge is 2.39. The summed E-state index contributed by atoms with van der Waals surface area (Å²) in [5, 5.41) is 4.71. The average Bonchev–Trinajstić information content (AvgIpc) is 3.09. The van der Waals surface area contributed by atoms with Gasteiger partial charge in [0.15, 0.2) is 11.3 Å². The summed E-state index contributed by atoms with van der Waals surface area (Å²) in [5.74, 6) is 0. The van der Waals surface area contributed by atoms with E-state index in [0.717, 1.165) is 4.52 Å². The van der Waals surface area contributed by atoms with Crippen molar-refractivity contribution < 1.29 is 13.2 Å². The van der Waals surface area contributed by atoms with Crippen LogP contribution in [0.25, 0.3) is 16.9 Å². The minimum absolute atomic E-state index is 0.225. The van der Waals surface area contributed by atoms with Crippen molar-refractivity contribution >= 4 is 17.2 Å². The highest BCUT2D eigenvalue weighted by atomic mass is 35.5. The summed E-state index contributed by atoms with van der Waals surface area (Å²) in [4.78, 5) is 4.37. The monoisotopic (exact) mass is 337 g/mol. The molecule has 2 heterocycles. The van der Waals surface area contributed by atoms with Crippen molar-refractivity contribution in [3.05, 3.63) is 52.3 Å². The van der Waals surface area contributed by atoms with Gasteiger partial charge in [-0.2, -0.15) is 18.3 Å². The van der Waals surface area contributed by atoms with Gasteiger partial charge in [-0.25, -0.2) is 9.50 Å². The molecule has 1 aromatic carbocycles. The Bertz CT molecular complexity index is 898. The van der Waals surface area contributed by atoms with E-state index in [2.05, 4.69) is 10.1 Å². The fourth-order valence-corrected chi connectivity index (χ4v) is 3.17. The summed E-state index contributed by atoms with van der Waals surface area (Å²) in [7, 11) is 0. The maximum Gasteiger partial charge on any atom is 0.433 e. The van der Waals surface area contributed by atoms with E-state index in [0.29, 0.717) is 41.2 Å². The second-order valence-corrected chi connectivity index (χ2v) is 5.98. The van der Waals surface area contributed by atoms with Crippen LogP contribution in [-0.4, -0.2) is 14.6 Å². The summed E-state index contributed by atoms with van der Waals surface area (Å²) < 4.78 is 41.5. The van der Waals surface area contributed by atoms with Gasteiger partial charge in [0.2, 0.25) is 0 Å². The van der Waals surface area contributed by atoms with E-state index >= 15 is 0 Å². The molecule has 0 bridgehead atoms. The minimum atomic E-state index is -4.46. The van der Waals surface area contributed by atoms with Crippen LogP contribution in [0.1, 0.15) is 23.4 Å². The largest absolute Gasteiger partial charge is 0.433 e. The van der Waals surface area contributed by atoms with Crippen LogP contribution >= 0.6 is 11.6 Å². The Morgan fingerprint density at radius 1 is 1.09 bits per heavy atom. The van der Waals surface area contributed by atoms with Gasteiger partial charge in [-0.15, -0.1) is 0 Å². The Kier molecular flexibility index (Phi) is 3.13. The molecule has 0 amide bonds. The Hall–Kier alpha value is -2.08. The zero-order valence-corrected chi connectivity index (χ0v) is 12.6. The van der Waals surface area contributed by atoms with Gasteiger partial charge in [0.05, 0.1) is 5.69 Å². The second-order valence-electron chi connectivity index (χ2n) is 5.54. The molecule has 0 atom stereocenters. The van der Waals surface area contributed by atoms with Gasteiger partial charge < -0.3 is 0 Å². The first kappa shape index (κ1) is 14.5. The first-order valence-corrected chi connectivity index (χ1v) is 7.56. The number of hydrogen-bond donors (Lipinski definition) is 0. The Balaban J connectivity index is 1.97. The SMILES string of the molecule is FC(F)(F)c1c2c(nc3cc(-c4ccc(Cl)cc4)nn13)CCC2. The molecular formula is C16H11ClF3N3. The van der Waals surface area contributed by atoms with Crippen LogP contribution in [0.2, 0.25) is 5.02 Å². The lowest BCUT2D eigenvalue weighted by molar-refractivity contribution is -0.143. The molecule has 0 fully saturated rings. The number of fused-ring (bicyclic) bond motifs is 2. The molecule has 3 nitrogen and oxygen atoms in total. The Morgan fingerprint density at radius 3 is 2.52 bits per heavy atom. The molecule has 23 heavy (non-hydrogen) atoms. The minimum Gasteiger partial charge on any atom is -0.233 e. The van der Waals surface area contributed by atoms with Crippen molar-refractivity contribution in [2.45, 2.75) is 25.4 Å². The number of alkyl halides is 3. The summed E-state index contributed by atoms with van der Waals surface area (Å²) in [6.45, 7) is 0. The standard InChI is InChI=1S/C16H11ClF3N3/c17-10-6-4-9(5-7-10)13-8-14-21-12-3-1-2-11(12)15(16(18,19)20)23(14)22-13/h4-8H,1-3H2. The fraction of sp³-hybridized carbons (Fsp3) is 0.250. The van der Waals surface area contributed by atoms with Crippen LogP contribution in [-0.2, 0) is 19.0 Å². The molecule has 2 aromatic heterocycles. The number of aromatic nitrogens is 3. The van der Waals surface area contributed by atoms with Crippen molar-refractivity contribution in [2.75, 3.05) is 0 Å². The molecule has 7 heteroatoms. The van der Waals surface area contributed by atoms with Gasteiger partial charge in [-0.05, 0) is 31.4 Å². The Morgan fingerprint density at radius 2 is 1.83 bits per heavy atom. The molecule has 0 saturated carbocycles. The lowest BCUT2D eigenvalue weighted by Gasteiger charge is -2.13. The van der Waals surface area contributed by atoms with Crippen molar-refractivity contribution in [1.82, 2.24) is 14.6 Å². The highest BCUT2D eigenvalue weighted by Crippen LogP contribution is 2.37. The van der Waals surface area contributed by atoms with Gasteiger partial charge in [0.25, 0.3) is 0 Å². The summed E-state index contributed by atoms with van der Waals surface area (Å²) >= 11 is 5.84. The predicted octanol–water partition coefficient (Wildman–Crippen LogP) is 4.56. The molecule has 0 radical (unpaired) electrons. The summed E-state index contributed by atoms with van der Waals surface area (Å²) in [6.07, 6.45) is -2.79. The zero-order valence-electron chi connectivity index (χ0n) is 11.9. The third-order valence-electron chi connectivity index (χ3n) is 4.03. The molecule has 1 aliphatic rings. The van der Waals surface area contributed by atoms with Crippen LogP contribution in [0.4, 0.5) is 13.2 Å². The van der Waals surface area contributed by atoms with Crippen LogP contribution in [0.3, 0.4) is 0 Å². The van der Waals surface area contributed by atoms with E-state index in [9.17, 15) is 13.2 Å². The van der Waals surface area contributed by atoms with E-state index in [1.807, 2.05) is 0 Å². The average molecular weight is 338 g/mol. The Labute approximate surface area is 134 Å². The van der Waals surface area contributed by atoms with E-state index in [-0.39, 0.29) is 11.2 Å². The molecule has 0 unspecified atom stereocenters. The molecule has 118 valence electrons. The number of rotatable bonds is 1. The number of hydrogen-bond acceptors (Lipinski definition) is 2. The maximum absolute atomic E-state index is 13.5. The van der Waals surface area contributed by atoms with Gasteiger partial charge in [0.1, 0.15) is 0 Å². The number of nitrogens with zero attached hydrogens (tertiary/aromatic N) is 3. The molecule has 0 spiro atoms. The lowest BCUT2D eigenvalue weighted by atomic mass is 10.1. The van der Waals surface area contributed by atoms with E-state index in [4.69, 9.17) is 11.6 Å². The van der Waals surface area contributed by atoms with Crippen LogP contribution in [0.15, 0.2) is 30.3 Å². The van der Waals surface area contributed by atoms with Crippen molar-refractivity contribution in [1.29, 1.82) is 0 Å². The molecule has 0 saturated heterocycles. The molecule has 0 N–H and O–H groups in total. The number of benzene rings is 1. The summed E-state index contributed by atoms with van der Waals surface area (Å²) in [6, 6.07) is 8.39. The van der Waals surface area contributed by atoms with Gasteiger partial charge in [-0.1, -0.05) is 23.7 Å². The zero-order chi connectivity index (χ0) is 16.2. The van der Waals surface area contributed by atoms with Crippen LogP contribution in [0.5, 0.6) is 0 Å².